The van der Waals surface area contributed by atoms with E-state index in [1.807, 2.05) is 60.7 Å². The Bertz CT molecular complexity index is 1010. The van der Waals surface area contributed by atoms with Crippen molar-refractivity contribution in [2.45, 2.75) is 0 Å². The number of hydrogen-bond acceptors (Lipinski definition) is 5. The molecule has 0 saturated heterocycles. The quantitative estimate of drug-likeness (QED) is 0.311. The maximum absolute atomic E-state index is 12.4. The summed E-state index contributed by atoms with van der Waals surface area (Å²) < 4.78 is 0. The molecule has 0 radical (unpaired) electrons. The molecule has 6 N–H and O–H groups in total. The molecule has 0 aliphatic rings. The molecule has 0 aliphatic carbocycles. The lowest BCUT2D eigenvalue weighted by atomic mass is 10.0. The standard InChI is InChI=1S/C21H20N6O/c22-24-13-15-8-10-18(11-9-15)26-21(28)27-20-7-2-1-6-19(20)17-5-3-4-16(12-17)14-25-23/h1-14H,22-23H2,(H2,26,27,28). The Balaban J connectivity index is 1.77. The molecule has 0 spiro atoms. The Morgan fingerprint density at radius 1 is 0.786 bits per heavy atom. The van der Waals surface area contributed by atoms with E-state index < -0.39 is 0 Å². The average molecular weight is 372 g/mol. The zero-order valence-corrected chi connectivity index (χ0v) is 15.0. The molecule has 3 aromatic carbocycles. The second-order valence-corrected chi connectivity index (χ2v) is 5.93. The van der Waals surface area contributed by atoms with Crippen molar-refractivity contribution in [2.75, 3.05) is 10.6 Å². The summed E-state index contributed by atoms with van der Waals surface area (Å²) in [4.78, 5) is 12.4. The number of carbonyl (C=O) groups excluding carboxylic acids is 1. The minimum absolute atomic E-state index is 0.340. The number of hydrogen-bond donors (Lipinski definition) is 4. The van der Waals surface area contributed by atoms with Gasteiger partial charge in [0.1, 0.15) is 0 Å². The second kappa shape index (κ2) is 9.00. The molecule has 140 valence electrons. The molecule has 7 heteroatoms. The fraction of sp³-hybridized carbons (Fsp3) is 0. The van der Waals surface area contributed by atoms with Crippen molar-refractivity contribution < 1.29 is 4.79 Å². The number of carbonyl (C=O) groups is 1. The minimum atomic E-state index is -0.340. The van der Waals surface area contributed by atoms with Crippen LogP contribution in [0, 0.1) is 0 Å². The first-order valence-corrected chi connectivity index (χ1v) is 8.53. The number of nitrogens with two attached hydrogens (primary N) is 2. The number of urea groups is 1. The molecule has 2 amide bonds. The number of amides is 2. The fourth-order valence-corrected chi connectivity index (χ4v) is 2.74. The fourth-order valence-electron chi connectivity index (χ4n) is 2.74. The number of para-hydroxylation sites is 1. The van der Waals surface area contributed by atoms with Gasteiger partial charge in [0.05, 0.1) is 18.1 Å². The molecular weight excluding hydrogens is 352 g/mol. The molecule has 0 unspecified atom stereocenters. The third-order valence-corrected chi connectivity index (χ3v) is 3.99. The average Bonchev–Trinajstić information content (AvgIpc) is 2.70. The van der Waals surface area contributed by atoms with Gasteiger partial charge in [0.15, 0.2) is 0 Å². The van der Waals surface area contributed by atoms with E-state index in [0.29, 0.717) is 11.4 Å². The molecule has 0 bridgehead atoms. The predicted molar refractivity (Wildman–Crippen MR) is 115 cm³/mol. The van der Waals surface area contributed by atoms with Gasteiger partial charge < -0.3 is 22.3 Å². The number of rotatable bonds is 5. The smallest absolute Gasteiger partial charge is 0.323 e. The lowest BCUT2D eigenvalue weighted by molar-refractivity contribution is 0.262. The van der Waals surface area contributed by atoms with Gasteiger partial charge in [-0.1, -0.05) is 48.5 Å². The minimum Gasteiger partial charge on any atom is -0.323 e. The molecule has 3 rings (SSSR count). The molecule has 28 heavy (non-hydrogen) atoms. The molecule has 0 saturated carbocycles. The van der Waals surface area contributed by atoms with Crippen LogP contribution in [-0.2, 0) is 0 Å². The molecule has 0 heterocycles. The Labute approximate surface area is 162 Å². The number of benzene rings is 3. The zero-order valence-electron chi connectivity index (χ0n) is 15.0. The highest BCUT2D eigenvalue weighted by Gasteiger charge is 2.09. The lowest BCUT2D eigenvalue weighted by Crippen LogP contribution is -2.19. The summed E-state index contributed by atoms with van der Waals surface area (Å²) in [6.07, 6.45) is 3.11. The van der Waals surface area contributed by atoms with Crippen LogP contribution in [0.15, 0.2) is 83.0 Å². The van der Waals surface area contributed by atoms with E-state index >= 15 is 0 Å². The van der Waals surface area contributed by atoms with E-state index in [-0.39, 0.29) is 6.03 Å². The normalized spacial score (nSPS) is 11.0. The Kier molecular flexibility index (Phi) is 5.99. The topological polar surface area (TPSA) is 118 Å². The summed E-state index contributed by atoms with van der Waals surface area (Å²) >= 11 is 0. The highest BCUT2D eigenvalue weighted by atomic mass is 16.2. The number of hydrazone groups is 2. The summed E-state index contributed by atoms with van der Waals surface area (Å²) in [5.74, 6) is 10.4. The van der Waals surface area contributed by atoms with Crippen molar-refractivity contribution in [3.8, 4) is 11.1 Å². The van der Waals surface area contributed by atoms with Gasteiger partial charge in [0, 0.05) is 11.3 Å². The summed E-state index contributed by atoms with van der Waals surface area (Å²) in [5, 5.41) is 12.7. The largest absolute Gasteiger partial charge is 0.323 e. The summed E-state index contributed by atoms with van der Waals surface area (Å²) in [6.45, 7) is 0. The van der Waals surface area contributed by atoms with Crippen LogP contribution < -0.4 is 22.3 Å². The van der Waals surface area contributed by atoms with Crippen molar-refractivity contribution in [3.05, 3.63) is 83.9 Å². The first-order chi connectivity index (χ1) is 13.7. The summed E-state index contributed by atoms with van der Waals surface area (Å²) in [7, 11) is 0. The van der Waals surface area contributed by atoms with E-state index in [4.69, 9.17) is 11.7 Å². The molecule has 7 nitrogen and oxygen atoms in total. The maximum Gasteiger partial charge on any atom is 0.323 e. The van der Waals surface area contributed by atoms with Crippen LogP contribution >= 0.6 is 0 Å². The van der Waals surface area contributed by atoms with Gasteiger partial charge in [-0.3, -0.25) is 0 Å². The van der Waals surface area contributed by atoms with Crippen molar-refractivity contribution in [1.82, 2.24) is 0 Å². The lowest BCUT2D eigenvalue weighted by Gasteiger charge is -2.13. The van der Waals surface area contributed by atoms with Gasteiger partial charge in [0.2, 0.25) is 0 Å². The van der Waals surface area contributed by atoms with Gasteiger partial charge in [0.25, 0.3) is 0 Å². The zero-order chi connectivity index (χ0) is 19.8. The van der Waals surface area contributed by atoms with Crippen LogP contribution in [0.4, 0.5) is 16.2 Å². The third kappa shape index (κ3) is 4.73. The number of anilines is 2. The molecule has 0 aromatic heterocycles. The van der Waals surface area contributed by atoms with Gasteiger partial charge in [-0.05, 0) is 41.0 Å². The monoisotopic (exact) mass is 372 g/mol. The second-order valence-electron chi connectivity index (χ2n) is 5.93. The van der Waals surface area contributed by atoms with Gasteiger partial charge in [-0.2, -0.15) is 10.2 Å². The highest BCUT2D eigenvalue weighted by molar-refractivity contribution is 6.02. The van der Waals surface area contributed by atoms with Gasteiger partial charge in [-0.25, -0.2) is 4.79 Å². The van der Waals surface area contributed by atoms with E-state index in [1.54, 1.807) is 18.3 Å². The molecular formula is C21H20N6O. The molecule has 3 aromatic rings. The highest BCUT2D eigenvalue weighted by Crippen LogP contribution is 2.28. The third-order valence-electron chi connectivity index (χ3n) is 3.99. The van der Waals surface area contributed by atoms with Gasteiger partial charge >= 0.3 is 6.03 Å². The van der Waals surface area contributed by atoms with Crippen molar-refractivity contribution in [1.29, 1.82) is 0 Å². The van der Waals surface area contributed by atoms with Crippen molar-refractivity contribution >= 4 is 29.8 Å². The first kappa shape index (κ1) is 18.7. The summed E-state index contributed by atoms with van der Waals surface area (Å²) in [6, 6.07) is 22.1. The van der Waals surface area contributed by atoms with E-state index in [9.17, 15) is 4.79 Å². The van der Waals surface area contributed by atoms with Crippen LogP contribution in [0.3, 0.4) is 0 Å². The molecule has 0 aliphatic heterocycles. The maximum atomic E-state index is 12.4. The van der Waals surface area contributed by atoms with E-state index in [1.165, 1.54) is 6.21 Å². The number of nitrogens with zero attached hydrogens (tertiary/aromatic N) is 2. The molecule has 0 fully saturated rings. The van der Waals surface area contributed by atoms with Crippen LogP contribution in [0.5, 0.6) is 0 Å². The van der Waals surface area contributed by atoms with Crippen LogP contribution in [0.25, 0.3) is 11.1 Å². The van der Waals surface area contributed by atoms with E-state index in [0.717, 1.165) is 22.3 Å². The van der Waals surface area contributed by atoms with Gasteiger partial charge in [-0.15, -0.1) is 0 Å². The summed E-state index contributed by atoms with van der Waals surface area (Å²) in [5.41, 5.74) is 4.90. The Morgan fingerprint density at radius 3 is 2.25 bits per heavy atom. The molecule has 0 atom stereocenters. The van der Waals surface area contributed by atoms with Crippen molar-refractivity contribution in [3.63, 3.8) is 0 Å². The predicted octanol–water partition coefficient (Wildman–Crippen LogP) is 3.58. The van der Waals surface area contributed by atoms with E-state index in [2.05, 4.69) is 20.8 Å². The van der Waals surface area contributed by atoms with Crippen LogP contribution in [0.2, 0.25) is 0 Å². The van der Waals surface area contributed by atoms with Crippen molar-refractivity contribution in [2.24, 2.45) is 21.9 Å². The number of nitrogens with one attached hydrogen (secondary N) is 2. The van der Waals surface area contributed by atoms with Crippen LogP contribution in [0.1, 0.15) is 11.1 Å². The van der Waals surface area contributed by atoms with Crippen LogP contribution in [-0.4, -0.2) is 18.5 Å². The Morgan fingerprint density at radius 2 is 1.50 bits per heavy atom. The first-order valence-electron chi connectivity index (χ1n) is 8.53. The SMILES string of the molecule is NN=Cc1ccc(NC(=O)Nc2ccccc2-c2cccc(C=NN)c2)cc1. The Hall–Kier alpha value is -4.13.